The third-order valence-corrected chi connectivity index (χ3v) is 4.07. The number of non-ortho nitro benzene ring substituents is 1. The summed E-state index contributed by atoms with van der Waals surface area (Å²) in [7, 11) is 0. The first kappa shape index (κ1) is 19.7. The van der Waals surface area contributed by atoms with Crippen molar-refractivity contribution in [2.24, 2.45) is 0 Å². The molecule has 138 valence electrons. The number of amides is 1. The van der Waals surface area contributed by atoms with Crippen LogP contribution in [0.4, 0.5) is 11.4 Å². The average molecular weight is 364 g/mol. The highest BCUT2D eigenvalue weighted by molar-refractivity contribution is 6.06. The molecule has 1 unspecified atom stereocenters. The number of hydrogen-bond acceptors (Lipinski definition) is 5. The Kier molecular flexibility index (Phi) is 6.67. The van der Waals surface area contributed by atoms with E-state index in [2.05, 4.69) is 17.6 Å². The molecule has 0 aromatic heterocycles. The van der Waals surface area contributed by atoms with Crippen molar-refractivity contribution in [3.8, 4) is 6.07 Å². The minimum Gasteiger partial charge on any atom is -0.383 e. The largest absolute Gasteiger partial charge is 0.383 e. The second-order valence-corrected chi connectivity index (χ2v) is 5.91. The van der Waals surface area contributed by atoms with Gasteiger partial charge in [-0.05, 0) is 36.6 Å². The van der Waals surface area contributed by atoms with Gasteiger partial charge < -0.3 is 10.6 Å². The number of nitriles is 1. The number of nitrogens with one attached hydrogen (secondary N) is 2. The average Bonchev–Trinajstić information content (AvgIpc) is 2.68. The first-order valence-electron chi connectivity index (χ1n) is 8.45. The lowest BCUT2D eigenvalue weighted by atomic mass is 10.1. The summed E-state index contributed by atoms with van der Waals surface area (Å²) in [5.74, 6) is -0.590. The van der Waals surface area contributed by atoms with Gasteiger partial charge in [-0.25, -0.2) is 0 Å². The Hall–Kier alpha value is -3.66. The Morgan fingerprint density at radius 1 is 1.22 bits per heavy atom. The molecule has 0 aliphatic rings. The lowest BCUT2D eigenvalue weighted by molar-refractivity contribution is -0.384. The molecule has 2 aromatic rings. The highest BCUT2D eigenvalue weighted by Gasteiger charge is 2.12. The summed E-state index contributed by atoms with van der Waals surface area (Å²) < 4.78 is 0. The zero-order chi connectivity index (χ0) is 19.8. The number of carbonyl (C=O) groups is 1. The molecule has 2 aromatic carbocycles. The molecule has 0 spiro atoms. The molecule has 0 heterocycles. The van der Waals surface area contributed by atoms with E-state index < -0.39 is 10.8 Å². The lowest BCUT2D eigenvalue weighted by Crippen LogP contribution is -2.18. The van der Waals surface area contributed by atoms with Gasteiger partial charge in [0.1, 0.15) is 11.6 Å². The van der Waals surface area contributed by atoms with E-state index in [-0.39, 0.29) is 17.3 Å². The van der Waals surface area contributed by atoms with Crippen LogP contribution in [0.25, 0.3) is 0 Å². The monoisotopic (exact) mass is 364 g/mol. The van der Waals surface area contributed by atoms with E-state index in [1.807, 2.05) is 37.3 Å². The van der Waals surface area contributed by atoms with Crippen molar-refractivity contribution >= 4 is 17.3 Å². The number of nitrogens with zero attached hydrogens (tertiary/aromatic N) is 2. The number of aryl methyl sites for hydroxylation is 1. The summed E-state index contributed by atoms with van der Waals surface area (Å²) in [5, 5.41) is 25.5. The number of carbonyl (C=O) groups excluding carboxylic acids is 1. The van der Waals surface area contributed by atoms with Crippen LogP contribution >= 0.6 is 0 Å². The van der Waals surface area contributed by atoms with Crippen LogP contribution in [-0.2, 0) is 11.2 Å². The number of rotatable bonds is 7. The van der Waals surface area contributed by atoms with Crippen LogP contribution in [0.1, 0.15) is 31.0 Å². The minimum atomic E-state index is -0.590. The first-order chi connectivity index (χ1) is 12.9. The van der Waals surface area contributed by atoms with Gasteiger partial charge in [0.2, 0.25) is 0 Å². The van der Waals surface area contributed by atoms with E-state index in [1.165, 1.54) is 36.0 Å². The van der Waals surface area contributed by atoms with Crippen LogP contribution in [0, 0.1) is 21.4 Å². The van der Waals surface area contributed by atoms with E-state index in [4.69, 9.17) is 0 Å². The zero-order valence-corrected chi connectivity index (χ0v) is 15.1. The molecular formula is C20H20N4O3. The maximum absolute atomic E-state index is 12.2. The van der Waals surface area contributed by atoms with Crippen LogP contribution in [0.3, 0.4) is 0 Å². The summed E-state index contributed by atoms with van der Waals surface area (Å²) >= 11 is 0. The van der Waals surface area contributed by atoms with Crippen LogP contribution in [0.5, 0.6) is 0 Å². The zero-order valence-electron chi connectivity index (χ0n) is 15.1. The van der Waals surface area contributed by atoms with E-state index in [0.29, 0.717) is 5.69 Å². The smallest absolute Gasteiger partial charge is 0.269 e. The number of anilines is 1. The van der Waals surface area contributed by atoms with E-state index in [9.17, 15) is 20.2 Å². The molecule has 2 N–H and O–H groups in total. The van der Waals surface area contributed by atoms with Crippen molar-refractivity contribution in [1.29, 1.82) is 5.26 Å². The van der Waals surface area contributed by atoms with E-state index in [1.54, 1.807) is 0 Å². The molecule has 0 aliphatic heterocycles. The molecule has 1 amide bonds. The van der Waals surface area contributed by atoms with Crippen LogP contribution in [0.15, 0.2) is 60.3 Å². The van der Waals surface area contributed by atoms with E-state index in [0.717, 1.165) is 12.0 Å². The van der Waals surface area contributed by atoms with Gasteiger partial charge in [-0.3, -0.25) is 14.9 Å². The summed E-state index contributed by atoms with van der Waals surface area (Å²) in [6.45, 7) is 4.02. The van der Waals surface area contributed by atoms with Gasteiger partial charge in [0.15, 0.2) is 0 Å². The van der Waals surface area contributed by atoms with Crippen molar-refractivity contribution in [3.05, 3.63) is 81.5 Å². The number of nitro benzene ring substituents is 1. The standard InChI is InChI=1S/C20H20N4O3/c1-3-15-4-6-16(7-5-15)14(2)22-13-17(12-21)20(25)23-18-8-10-19(11-9-18)24(26)27/h4-11,13-14,22H,3H2,1-2H3,(H,23,25)/b17-13-. The normalized spacial score (nSPS) is 12.0. The third-order valence-electron chi connectivity index (χ3n) is 4.07. The summed E-state index contributed by atoms with van der Waals surface area (Å²) in [6, 6.07) is 15.3. The van der Waals surface area contributed by atoms with Crippen LogP contribution < -0.4 is 10.6 Å². The lowest BCUT2D eigenvalue weighted by Gasteiger charge is -2.13. The van der Waals surface area contributed by atoms with Gasteiger partial charge in [-0.1, -0.05) is 31.2 Å². The topological polar surface area (TPSA) is 108 Å². The molecular weight excluding hydrogens is 344 g/mol. The molecule has 2 rings (SSSR count). The Morgan fingerprint density at radius 2 is 1.85 bits per heavy atom. The van der Waals surface area contributed by atoms with Crippen LogP contribution in [0.2, 0.25) is 0 Å². The summed E-state index contributed by atoms with van der Waals surface area (Å²) in [4.78, 5) is 22.3. The fraction of sp³-hybridized carbons (Fsp3) is 0.200. The van der Waals surface area contributed by atoms with Crippen molar-refractivity contribution < 1.29 is 9.72 Å². The fourth-order valence-electron chi connectivity index (χ4n) is 2.36. The minimum absolute atomic E-state index is 0.0753. The number of nitro groups is 1. The first-order valence-corrected chi connectivity index (χ1v) is 8.45. The quantitative estimate of drug-likeness (QED) is 0.336. The van der Waals surface area contributed by atoms with Gasteiger partial charge in [-0.2, -0.15) is 5.26 Å². The van der Waals surface area contributed by atoms with Gasteiger partial charge in [0.05, 0.1) is 4.92 Å². The molecule has 0 saturated carbocycles. The maximum Gasteiger partial charge on any atom is 0.269 e. The second-order valence-electron chi connectivity index (χ2n) is 5.91. The molecule has 7 heteroatoms. The van der Waals surface area contributed by atoms with Gasteiger partial charge >= 0.3 is 0 Å². The van der Waals surface area contributed by atoms with Crippen molar-refractivity contribution in [2.75, 3.05) is 5.32 Å². The predicted octanol–water partition coefficient (Wildman–Crippen LogP) is 3.85. The number of hydrogen-bond donors (Lipinski definition) is 2. The Bertz CT molecular complexity index is 881. The molecule has 7 nitrogen and oxygen atoms in total. The number of benzene rings is 2. The van der Waals surface area contributed by atoms with Gasteiger partial charge in [-0.15, -0.1) is 0 Å². The summed E-state index contributed by atoms with van der Waals surface area (Å²) in [5.41, 5.74) is 2.48. The predicted molar refractivity (Wildman–Crippen MR) is 103 cm³/mol. The highest BCUT2D eigenvalue weighted by atomic mass is 16.6. The molecule has 0 fully saturated rings. The molecule has 0 saturated heterocycles. The van der Waals surface area contributed by atoms with Gasteiger partial charge in [0, 0.05) is 30.1 Å². The molecule has 27 heavy (non-hydrogen) atoms. The Labute approximate surface area is 157 Å². The van der Waals surface area contributed by atoms with Gasteiger partial charge in [0.25, 0.3) is 11.6 Å². The Morgan fingerprint density at radius 3 is 2.37 bits per heavy atom. The summed E-state index contributed by atoms with van der Waals surface area (Å²) in [6.07, 6.45) is 2.34. The van der Waals surface area contributed by atoms with Crippen molar-refractivity contribution in [2.45, 2.75) is 26.3 Å². The SMILES string of the molecule is CCc1ccc(C(C)N/C=C(/C#N)C(=O)Nc2ccc([N+](=O)[O-])cc2)cc1. The molecule has 0 bridgehead atoms. The molecule has 0 radical (unpaired) electrons. The Balaban J connectivity index is 2.02. The third kappa shape index (κ3) is 5.41. The maximum atomic E-state index is 12.2. The van der Waals surface area contributed by atoms with Crippen molar-refractivity contribution in [3.63, 3.8) is 0 Å². The van der Waals surface area contributed by atoms with Crippen LogP contribution in [-0.4, -0.2) is 10.8 Å². The molecule has 1 atom stereocenters. The highest BCUT2D eigenvalue weighted by Crippen LogP contribution is 2.17. The molecule has 0 aliphatic carbocycles. The van der Waals surface area contributed by atoms with E-state index >= 15 is 0 Å². The van der Waals surface area contributed by atoms with Crippen molar-refractivity contribution in [1.82, 2.24) is 5.32 Å². The second kappa shape index (κ2) is 9.15. The fourth-order valence-corrected chi connectivity index (χ4v) is 2.36.